The first-order valence-corrected chi connectivity index (χ1v) is 7.13. The summed E-state index contributed by atoms with van der Waals surface area (Å²) in [5.41, 5.74) is 0. The maximum atomic E-state index is 4.14. The van der Waals surface area contributed by atoms with E-state index >= 15 is 0 Å². The van der Waals surface area contributed by atoms with E-state index in [1.807, 2.05) is 17.7 Å². The predicted octanol–water partition coefficient (Wildman–Crippen LogP) is 0.0424. The molecule has 1 aromatic heterocycles. The van der Waals surface area contributed by atoms with Crippen LogP contribution in [0, 0.1) is 0 Å². The van der Waals surface area contributed by atoms with E-state index in [1.165, 1.54) is 0 Å². The van der Waals surface area contributed by atoms with Crippen LogP contribution < -0.4 is 15.9 Å². The topological polar surface area (TPSA) is 29.9 Å². The molecule has 0 aliphatic rings. The minimum atomic E-state index is 0.624. The van der Waals surface area contributed by atoms with Crippen LogP contribution in [0.2, 0.25) is 0 Å². The van der Waals surface area contributed by atoms with Crippen LogP contribution >= 0.6 is 28.4 Å². The molecular formula is C6H9IN3P. The molecule has 0 amide bonds. The standard InChI is InChI=1S/C6H9IN3P/c1-5-3-9-10(11-7)6(5)4-8-2/h3-4,8,11H,1H2,2H3/b6-4+. The third kappa shape index (κ3) is 1.93. The molecule has 1 N–H and O–H groups in total. The molecule has 1 atom stereocenters. The molecule has 1 rings (SSSR count). The Morgan fingerprint density at radius 2 is 2.64 bits per heavy atom. The lowest BCUT2D eigenvalue weighted by molar-refractivity contribution is 0.970. The Bertz CT molecular complexity index is 332. The molecule has 11 heavy (non-hydrogen) atoms. The number of nitrogens with zero attached hydrogens (tertiary/aromatic N) is 2. The zero-order valence-electron chi connectivity index (χ0n) is 6.13. The Balaban J connectivity index is 3.29. The molecule has 0 aliphatic carbocycles. The van der Waals surface area contributed by atoms with E-state index in [0.29, 0.717) is 6.37 Å². The smallest absolute Gasteiger partial charge is 0.0879 e. The van der Waals surface area contributed by atoms with Crippen LogP contribution in [-0.4, -0.2) is 16.6 Å². The summed E-state index contributed by atoms with van der Waals surface area (Å²) in [6.45, 7) is 3.85. The van der Waals surface area contributed by atoms with Gasteiger partial charge in [-0.15, -0.1) is 0 Å². The maximum absolute atomic E-state index is 4.14. The van der Waals surface area contributed by atoms with Gasteiger partial charge in [0.1, 0.15) is 0 Å². The molecule has 0 saturated heterocycles. The van der Waals surface area contributed by atoms with Gasteiger partial charge in [-0.05, 0) is 22.0 Å². The van der Waals surface area contributed by atoms with E-state index in [1.54, 1.807) is 6.20 Å². The predicted molar refractivity (Wildman–Crippen MR) is 58.3 cm³/mol. The van der Waals surface area contributed by atoms with E-state index in [0.717, 1.165) is 10.6 Å². The third-order valence-electron chi connectivity index (χ3n) is 1.25. The monoisotopic (exact) mass is 281 g/mol. The van der Waals surface area contributed by atoms with Crippen molar-refractivity contribution in [3.8, 4) is 0 Å². The van der Waals surface area contributed by atoms with Crippen molar-refractivity contribution in [3.63, 3.8) is 0 Å². The Hall–Kier alpha value is -0.0900. The summed E-state index contributed by atoms with van der Waals surface area (Å²) in [5, 5.41) is 9.12. The first-order valence-electron chi connectivity index (χ1n) is 3.06. The average molecular weight is 281 g/mol. The van der Waals surface area contributed by atoms with E-state index < -0.39 is 0 Å². The Morgan fingerprint density at radius 3 is 3.18 bits per heavy atom. The number of nitrogens with one attached hydrogen (secondary N) is 1. The average Bonchev–Trinajstić information content (AvgIpc) is 2.34. The van der Waals surface area contributed by atoms with Gasteiger partial charge in [-0.2, -0.15) is 5.10 Å². The third-order valence-corrected chi connectivity index (χ3v) is 3.13. The highest BCUT2D eigenvalue weighted by molar-refractivity contribution is 14.2. The van der Waals surface area contributed by atoms with Crippen LogP contribution in [0.5, 0.6) is 0 Å². The van der Waals surface area contributed by atoms with Crippen molar-refractivity contribution in [3.05, 3.63) is 16.8 Å². The normalized spacial score (nSPS) is 13.1. The molecule has 3 nitrogen and oxygen atoms in total. The first-order chi connectivity index (χ1) is 5.29. The minimum Gasteiger partial charge on any atom is -0.392 e. The SMILES string of the molecule is C=c1cnn(PI)/c1=C/NC. The molecule has 0 bridgehead atoms. The molecule has 5 heteroatoms. The van der Waals surface area contributed by atoms with E-state index in [-0.39, 0.29) is 0 Å². The molecule has 1 heterocycles. The highest BCUT2D eigenvalue weighted by Gasteiger charge is 1.91. The lowest BCUT2D eigenvalue weighted by Crippen LogP contribution is -2.27. The fourth-order valence-electron chi connectivity index (χ4n) is 0.750. The van der Waals surface area contributed by atoms with Gasteiger partial charge >= 0.3 is 0 Å². The zero-order valence-corrected chi connectivity index (χ0v) is 9.29. The minimum absolute atomic E-state index is 0.624. The van der Waals surface area contributed by atoms with E-state index in [9.17, 15) is 0 Å². The van der Waals surface area contributed by atoms with Gasteiger partial charge in [0.25, 0.3) is 0 Å². The second-order valence-corrected chi connectivity index (χ2v) is 4.02. The van der Waals surface area contributed by atoms with E-state index in [2.05, 4.69) is 39.0 Å². The van der Waals surface area contributed by atoms with Gasteiger partial charge in [-0.25, -0.2) is 4.45 Å². The molecular weight excluding hydrogens is 272 g/mol. The Kier molecular flexibility index (Phi) is 3.33. The lowest BCUT2D eigenvalue weighted by atomic mass is 10.5. The molecule has 0 aromatic carbocycles. The van der Waals surface area contributed by atoms with Crippen molar-refractivity contribution in [1.82, 2.24) is 14.9 Å². The van der Waals surface area contributed by atoms with Gasteiger partial charge in [-0.3, -0.25) is 0 Å². The summed E-state index contributed by atoms with van der Waals surface area (Å²) in [6.07, 6.45) is 4.30. The first kappa shape index (κ1) is 9.00. The molecule has 1 unspecified atom stereocenters. The number of aromatic nitrogens is 2. The van der Waals surface area contributed by atoms with Gasteiger partial charge < -0.3 is 5.32 Å². The largest absolute Gasteiger partial charge is 0.392 e. The molecule has 0 fully saturated rings. The lowest BCUT2D eigenvalue weighted by Gasteiger charge is -1.92. The van der Waals surface area contributed by atoms with Crippen molar-refractivity contribution in [2.75, 3.05) is 7.05 Å². The molecule has 1 aromatic rings. The summed E-state index contributed by atoms with van der Waals surface area (Å²) < 4.78 is 1.92. The van der Waals surface area contributed by atoms with Crippen molar-refractivity contribution in [2.45, 2.75) is 0 Å². The maximum Gasteiger partial charge on any atom is 0.0879 e. The second-order valence-electron chi connectivity index (χ2n) is 1.98. The highest BCUT2D eigenvalue weighted by Crippen LogP contribution is 2.17. The highest BCUT2D eigenvalue weighted by atomic mass is 127. The zero-order chi connectivity index (χ0) is 8.27. The molecule has 0 saturated carbocycles. The van der Waals surface area contributed by atoms with Gasteiger partial charge in [-0.1, -0.05) is 6.58 Å². The number of hydrogen-bond donors (Lipinski definition) is 1. The van der Waals surface area contributed by atoms with Crippen molar-refractivity contribution in [2.24, 2.45) is 0 Å². The second kappa shape index (κ2) is 4.07. The van der Waals surface area contributed by atoms with Gasteiger partial charge in [0.05, 0.1) is 17.9 Å². The molecule has 0 spiro atoms. The summed E-state index contributed by atoms with van der Waals surface area (Å²) >= 11 is 2.28. The Morgan fingerprint density at radius 1 is 1.91 bits per heavy atom. The van der Waals surface area contributed by atoms with Crippen LogP contribution in [0.1, 0.15) is 0 Å². The fraction of sp³-hybridized carbons (Fsp3) is 0.167. The van der Waals surface area contributed by atoms with Crippen molar-refractivity contribution < 1.29 is 0 Å². The van der Waals surface area contributed by atoms with E-state index in [4.69, 9.17) is 0 Å². The summed E-state index contributed by atoms with van der Waals surface area (Å²) in [6, 6.07) is 0. The van der Waals surface area contributed by atoms with Gasteiger partial charge in [0, 0.05) is 18.5 Å². The molecule has 0 aliphatic heterocycles. The number of halogens is 1. The van der Waals surface area contributed by atoms with Crippen LogP contribution in [0.3, 0.4) is 0 Å². The number of rotatable bonds is 2. The van der Waals surface area contributed by atoms with Crippen LogP contribution in [0.4, 0.5) is 0 Å². The summed E-state index contributed by atoms with van der Waals surface area (Å²) in [4.78, 5) is 0. The number of hydrogen-bond acceptors (Lipinski definition) is 2. The fourth-order valence-corrected chi connectivity index (χ4v) is 2.30. The van der Waals surface area contributed by atoms with Gasteiger partial charge in [0.15, 0.2) is 0 Å². The van der Waals surface area contributed by atoms with Gasteiger partial charge in [0.2, 0.25) is 0 Å². The summed E-state index contributed by atoms with van der Waals surface area (Å²) in [5.74, 6) is 0. The van der Waals surface area contributed by atoms with Crippen LogP contribution in [-0.2, 0) is 0 Å². The molecule has 0 radical (unpaired) electrons. The summed E-state index contributed by atoms with van der Waals surface area (Å²) in [7, 11) is 1.87. The quantitative estimate of drug-likeness (QED) is 0.613. The molecule has 60 valence electrons. The van der Waals surface area contributed by atoms with Crippen molar-refractivity contribution in [1.29, 1.82) is 0 Å². The van der Waals surface area contributed by atoms with Crippen molar-refractivity contribution >= 4 is 41.2 Å². The van der Waals surface area contributed by atoms with Crippen LogP contribution in [0.25, 0.3) is 12.8 Å². The van der Waals surface area contributed by atoms with Crippen LogP contribution in [0.15, 0.2) is 6.20 Å². The Labute approximate surface area is 79.9 Å².